The van der Waals surface area contributed by atoms with Gasteiger partial charge in [-0.2, -0.15) is 0 Å². The summed E-state index contributed by atoms with van der Waals surface area (Å²) < 4.78 is 0. The van der Waals surface area contributed by atoms with E-state index < -0.39 is 0 Å². The minimum absolute atomic E-state index is 0.562. The standard InChI is InChI=1S/C11H14N4S/c1-7-13-10(12)11(14-7)15-8-4-3-5-9(6-8)16-2/h3-6,15H,12H2,1-2H3,(H,13,14). The lowest BCUT2D eigenvalue weighted by atomic mass is 10.3. The number of aromatic amines is 1. The molecule has 5 heteroatoms. The van der Waals surface area contributed by atoms with Crippen LogP contribution >= 0.6 is 11.8 Å². The maximum atomic E-state index is 5.77. The first-order valence-electron chi connectivity index (χ1n) is 4.92. The highest BCUT2D eigenvalue weighted by Crippen LogP contribution is 2.24. The van der Waals surface area contributed by atoms with E-state index in [-0.39, 0.29) is 0 Å². The number of rotatable bonds is 3. The van der Waals surface area contributed by atoms with E-state index in [4.69, 9.17) is 5.73 Å². The normalized spacial score (nSPS) is 10.4. The van der Waals surface area contributed by atoms with Crippen molar-refractivity contribution >= 4 is 29.1 Å². The summed E-state index contributed by atoms with van der Waals surface area (Å²) >= 11 is 1.70. The van der Waals surface area contributed by atoms with Crippen LogP contribution in [0, 0.1) is 6.92 Å². The van der Waals surface area contributed by atoms with Crippen molar-refractivity contribution in [2.45, 2.75) is 11.8 Å². The second-order valence-corrected chi connectivity index (χ2v) is 4.32. The van der Waals surface area contributed by atoms with Gasteiger partial charge in [0.25, 0.3) is 0 Å². The highest BCUT2D eigenvalue weighted by molar-refractivity contribution is 7.98. The Kier molecular flexibility index (Phi) is 3.05. The van der Waals surface area contributed by atoms with Gasteiger partial charge < -0.3 is 16.0 Å². The largest absolute Gasteiger partial charge is 0.382 e. The lowest BCUT2D eigenvalue weighted by molar-refractivity contribution is 1.15. The van der Waals surface area contributed by atoms with Gasteiger partial charge in [0, 0.05) is 10.6 Å². The van der Waals surface area contributed by atoms with Gasteiger partial charge in [-0.1, -0.05) is 6.07 Å². The summed E-state index contributed by atoms with van der Waals surface area (Å²) in [7, 11) is 0. The highest BCUT2D eigenvalue weighted by Gasteiger charge is 2.04. The molecule has 0 aliphatic heterocycles. The molecule has 1 aromatic carbocycles. The molecule has 1 aromatic heterocycles. The summed E-state index contributed by atoms with van der Waals surface area (Å²) in [4.78, 5) is 8.42. The minimum atomic E-state index is 0.562. The van der Waals surface area contributed by atoms with Crippen molar-refractivity contribution < 1.29 is 0 Å². The summed E-state index contributed by atoms with van der Waals surface area (Å²) in [5, 5.41) is 3.19. The molecule has 0 aliphatic carbocycles. The van der Waals surface area contributed by atoms with Crippen LogP contribution in [0.5, 0.6) is 0 Å². The number of imidazole rings is 1. The SMILES string of the molecule is CSc1cccc(Nc2nc(C)[nH]c2N)c1. The van der Waals surface area contributed by atoms with E-state index >= 15 is 0 Å². The molecule has 0 fully saturated rings. The number of nitrogens with two attached hydrogens (primary N) is 1. The van der Waals surface area contributed by atoms with Gasteiger partial charge in [-0.15, -0.1) is 11.8 Å². The Morgan fingerprint density at radius 2 is 2.25 bits per heavy atom. The first kappa shape index (κ1) is 10.9. The van der Waals surface area contributed by atoms with Crippen molar-refractivity contribution in [2.75, 3.05) is 17.3 Å². The second kappa shape index (κ2) is 4.49. The van der Waals surface area contributed by atoms with E-state index in [0.717, 1.165) is 11.5 Å². The predicted octanol–water partition coefficient (Wildman–Crippen LogP) is 2.77. The molecule has 0 radical (unpaired) electrons. The smallest absolute Gasteiger partial charge is 0.173 e. The van der Waals surface area contributed by atoms with Gasteiger partial charge in [0.15, 0.2) is 5.82 Å². The Morgan fingerprint density at radius 1 is 1.44 bits per heavy atom. The minimum Gasteiger partial charge on any atom is -0.382 e. The van der Waals surface area contributed by atoms with Crippen LogP contribution in [-0.4, -0.2) is 16.2 Å². The number of nitrogen functional groups attached to an aromatic ring is 1. The van der Waals surface area contributed by atoms with E-state index in [9.17, 15) is 0 Å². The van der Waals surface area contributed by atoms with Crippen LogP contribution < -0.4 is 11.1 Å². The Bertz CT molecular complexity index is 492. The molecule has 0 saturated heterocycles. The molecule has 0 amide bonds. The number of H-pyrrole nitrogens is 1. The fourth-order valence-corrected chi connectivity index (χ4v) is 1.90. The third-order valence-corrected chi connectivity index (χ3v) is 2.91. The second-order valence-electron chi connectivity index (χ2n) is 3.44. The molecule has 16 heavy (non-hydrogen) atoms. The van der Waals surface area contributed by atoms with Crippen LogP contribution in [0.2, 0.25) is 0 Å². The lowest BCUT2D eigenvalue weighted by Crippen LogP contribution is -1.95. The van der Waals surface area contributed by atoms with E-state index in [1.807, 2.05) is 25.3 Å². The van der Waals surface area contributed by atoms with Crippen LogP contribution in [0.15, 0.2) is 29.2 Å². The van der Waals surface area contributed by atoms with Crippen molar-refractivity contribution in [3.63, 3.8) is 0 Å². The molecule has 2 aromatic rings. The number of aryl methyl sites for hydroxylation is 1. The first-order chi connectivity index (χ1) is 7.69. The molecule has 4 N–H and O–H groups in total. The van der Waals surface area contributed by atoms with E-state index in [2.05, 4.69) is 27.4 Å². The number of nitrogens with zero attached hydrogens (tertiary/aromatic N) is 1. The van der Waals surface area contributed by atoms with Gasteiger partial charge in [0.1, 0.15) is 11.6 Å². The van der Waals surface area contributed by atoms with Crippen LogP contribution in [0.25, 0.3) is 0 Å². The number of aromatic nitrogens is 2. The Balaban J connectivity index is 2.23. The van der Waals surface area contributed by atoms with E-state index in [1.54, 1.807) is 11.8 Å². The van der Waals surface area contributed by atoms with Crippen LogP contribution in [0.4, 0.5) is 17.3 Å². The zero-order chi connectivity index (χ0) is 11.5. The molecule has 4 nitrogen and oxygen atoms in total. The first-order valence-corrected chi connectivity index (χ1v) is 6.14. The van der Waals surface area contributed by atoms with E-state index in [1.165, 1.54) is 4.90 Å². The zero-order valence-electron chi connectivity index (χ0n) is 9.24. The summed E-state index contributed by atoms with van der Waals surface area (Å²) in [6, 6.07) is 8.12. The lowest BCUT2D eigenvalue weighted by Gasteiger charge is -2.05. The number of hydrogen-bond donors (Lipinski definition) is 3. The van der Waals surface area contributed by atoms with Gasteiger partial charge in [-0.05, 0) is 31.4 Å². The van der Waals surface area contributed by atoms with Crippen LogP contribution in [0.1, 0.15) is 5.82 Å². The quantitative estimate of drug-likeness (QED) is 0.714. The monoisotopic (exact) mass is 234 g/mol. The van der Waals surface area contributed by atoms with Crippen molar-refractivity contribution in [1.82, 2.24) is 9.97 Å². The maximum Gasteiger partial charge on any atom is 0.173 e. The summed E-state index contributed by atoms with van der Waals surface area (Å²) in [6.07, 6.45) is 2.05. The molecule has 0 bridgehead atoms. The van der Waals surface area contributed by atoms with Gasteiger partial charge >= 0.3 is 0 Å². The molecule has 0 spiro atoms. The molecule has 1 heterocycles. The fourth-order valence-electron chi connectivity index (χ4n) is 1.44. The maximum absolute atomic E-state index is 5.77. The number of thioether (sulfide) groups is 1. The molecular weight excluding hydrogens is 220 g/mol. The third-order valence-electron chi connectivity index (χ3n) is 2.18. The summed E-state index contributed by atoms with van der Waals surface area (Å²) in [6.45, 7) is 1.87. The molecule has 2 rings (SSSR count). The van der Waals surface area contributed by atoms with Gasteiger partial charge in [-0.25, -0.2) is 4.98 Å². The zero-order valence-corrected chi connectivity index (χ0v) is 10.1. The number of benzene rings is 1. The topological polar surface area (TPSA) is 66.7 Å². The van der Waals surface area contributed by atoms with E-state index in [0.29, 0.717) is 11.6 Å². The number of nitrogens with one attached hydrogen (secondary N) is 2. The molecule has 0 atom stereocenters. The van der Waals surface area contributed by atoms with Crippen molar-refractivity contribution in [2.24, 2.45) is 0 Å². The van der Waals surface area contributed by atoms with Crippen molar-refractivity contribution in [3.8, 4) is 0 Å². The Hall–Kier alpha value is -1.62. The highest BCUT2D eigenvalue weighted by atomic mass is 32.2. The molecular formula is C11H14N4S. The number of hydrogen-bond acceptors (Lipinski definition) is 4. The Morgan fingerprint density at radius 3 is 2.88 bits per heavy atom. The average molecular weight is 234 g/mol. The molecule has 0 aliphatic rings. The fraction of sp³-hybridized carbons (Fsp3) is 0.182. The van der Waals surface area contributed by atoms with Crippen molar-refractivity contribution in [1.29, 1.82) is 0 Å². The number of anilines is 3. The summed E-state index contributed by atoms with van der Waals surface area (Å²) in [5.74, 6) is 2.05. The Labute approximate surface area is 98.7 Å². The summed E-state index contributed by atoms with van der Waals surface area (Å²) in [5.41, 5.74) is 6.76. The van der Waals surface area contributed by atoms with Crippen molar-refractivity contribution in [3.05, 3.63) is 30.1 Å². The third kappa shape index (κ3) is 2.30. The predicted molar refractivity (Wildman–Crippen MR) is 69.2 cm³/mol. The van der Waals surface area contributed by atoms with Crippen LogP contribution in [-0.2, 0) is 0 Å². The van der Waals surface area contributed by atoms with Gasteiger partial charge in [0.05, 0.1) is 0 Å². The van der Waals surface area contributed by atoms with Gasteiger partial charge in [-0.3, -0.25) is 0 Å². The molecule has 0 unspecified atom stereocenters. The van der Waals surface area contributed by atoms with Gasteiger partial charge in [0.2, 0.25) is 0 Å². The molecule has 84 valence electrons. The molecule has 0 saturated carbocycles. The average Bonchev–Trinajstić information content (AvgIpc) is 2.58. The van der Waals surface area contributed by atoms with Crippen LogP contribution in [0.3, 0.4) is 0 Å².